The van der Waals surface area contributed by atoms with E-state index in [0.29, 0.717) is 5.39 Å². The number of benzene rings is 4. The minimum atomic E-state index is -0.554. The molecule has 1 unspecified atom stereocenters. The van der Waals surface area contributed by atoms with Crippen molar-refractivity contribution in [2.75, 3.05) is 0 Å². The maximum atomic E-state index is 14.3. The first-order chi connectivity index (χ1) is 17.6. The zero-order valence-electron chi connectivity index (χ0n) is 19.4. The van der Waals surface area contributed by atoms with E-state index in [1.807, 2.05) is 84.9 Å². The summed E-state index contributed by atoms with van der Waals surface area (Å²) in [5.74, 6) is -0.882. The number of carbonyl (C=O) groups excluding carboxylic acids is 1. The number of nitrogens with zero attached hydrogens (tertiary/aromatic N) is 1. The van der Waals surface area contributed by atoms with Crippen LogP contribution >= 0.6 is 0 Å². The largest absolute Gasteiger partial charge is 0.461 e. The van der Waals surface area contributed by atoms with Gasteiger partial charge in [0.25, 0.3) is 5.56 Å². The predicted octanol–water partition coefficient (Wildman–Crippen LogP) is 6.51. The minimum absolute atomic E-state index is 0.00813. The van der Waals surface area contributed by atoms with E-state index in [-0.39, 0.29) is 24.0 Å². The third-order valence-corrected chi connectivity index (χ3v) is 6.73. The van der Waals surface area contributed by atoms with E-state index >= 15 is 0 Å². The maximum Gasteiger partial charge on any atom is 0.308 e. The standard InChI is InChI=1S/C31H22FNO3/c32-22-15-16-24-26(17-22)31(35)33-27(18-28(34)36-19-20-9-3-1-4-10-20)23-13-7-8-14-25(23)30(33)29(24)21-11-5-2-6-12-21/h1-17,27H,18-19H2. The lowest BCUT2D eigenvalue weighted by molar-refractivity contribution is -0.145. The summed E-state index contributed by atoms with van der Waals surface area (Å²) in [5, 5.41) is 0.967. The van der Waals surface area contributed by atoms with Gasteiger partial charge >= 0.3 is 5.97 Å². The van der Waals surface area contributed by atoms with Crippen LogP contribution in [-0.4, -0.2) is 10.5 Å². The molecule has 1 aliphatic heterocycles. The monoisotopic (exact) mass is 475 g/mol. The molecule has 0 saturated carbocycles. The number of carbonyl (C=O) groups is 1. The van der Waals surface area contributed by atoms with Crippen LogP contribution in [0, 0.1) is 5.82 Å². The van der Waals surface area contributed by atoms with Gasteiger partial charge in [-0.3, -0.25) is 14.2 Å². The average Bonchev–Trinajstić information content (AvgIpc) is 3.23. The number of ether oxygens (including phenoxy) is 1. The summed E-state index contributed by atoms with van der Waals surface area (Å²) in [6.07, 6.45) is -0.00813. The van der Waals surface area contributed by atoms with Crippen LogP contribution in [0.1, 0.15) is 23.6 Å². The lowest BCUT2D eigenvalue weighted by Gasteiger charge is -2.19. The highest BCUT2D eigenvalue weighted by Gasteiger charge is 2.35. The molecule has 0 spiro atoms. The van der Waals surface area contributed by atoms with E-state index in [4.69, 9.17) is 4.74 Å². The van der Waals surface area contributed by atoms with Crippen LogP contribution in [0.5, 0.6) is 0 Å². The van der Waals surface area contributed by atoms with Crippen LogP contribution < -0.4 is 5.56 Å². The zero-order valence-corrected chi connectivity index (χ0v) is 19.4. The number of pyridine rings is 1. The summed E-state index contributed by atoms with van der Waals surface area (Å²) in [7, 11) is 0. The van der Waals surface area contributed by atoms with Crippen LogP contribution in [0.25, 0.3) is 33.2 Å². The van der Waals surface area contributed by atoms with Gasteiger partial charge in [-0.05, 0) is 34.2 Å². The second-order valence-electron chi connectivity index (χ2n) is 8.91. The third-order valence-electron chi connectivity index (χ3n) is 6.73. The molecule has 1 aromatic heterocycles. The van der Waals surface area contributed by atoms with Gasteiger partial charge in [0, 0.05) is 11.1 Å². The summed E-state index contributed by atoms with van der Waals surface area (Å²) in [4.78, 5) is 26.8. The van der Waals surface area contributed by atoms with Crippen molar-refractivity contribution in [2.24, 2.45) is 0 Å². The molecule has 5 aromatic rings. The molecule has 176 valence electrons. The molecule has 5 heteroatoms. The van der Waals surface area contributed by atoms with Gasteiger partial charge in [-0.1, -0.05) is 91.0 Å². The fourth-order valence-electron chi connectivity index (χ4n) is 5.15. The maximum absolute atomic E-state index is 14.3. The summed E-state index contributed by atoms with van der Waals surface area (Å²) >= 11 is 0. The second-order valence-corrected chi connectivity index (χ2v) is 8.91. The molecule has 6 rings (SSSR count). The zero-order chi connectivity index (χ0) is 24.6. The SMILES string of the molecule is O=C(CC1c2ccccc2-c2c(-c3ccccc3)c3ccc(F)cc3c(=O)n21)OCc1ccccc1. The van der Waals surface area contributed by atoms with E-state index in [2.05, 4.69) is 0 Å². The van der Waals surface area contributed by atoms with Crippen molar-refractivity contribution in [2.45, 2.75) is 19.1 Å². The second kappa shape index (κ2) is 8.93. The molecule has 1 atom stereocenters. The van der Waals surface area contributed by atoms with E-state index in [1.165, 1.54) is 12.1 Å². The summed E-state index contributed by atoms with van der Waals surface area (Å²) in [6.45, 7) is 0.161. The Morgan fingerprint density at radius 3 is 2.31 bits per heavy atom. The van der Waals surface area contributed by atoms with Crippen LogP contribution in [0.4, 0.5) is 4.39 Å². The smallest absolute Gasteiger partial charge is 0.308 e. The van der Waals surface area contributed by atoms with Crippen LogP contribution in [0.3, 0.4) is 0 Å². The molecule has 36 heavy (non-hydrogen) atoms. The molecule has 0 radical (unpaired) electrons. The van der Waals surface area contributed by atoms with Crippen molar-refractivity contribution < 1.29 is 13.9 Å². The molecule has 0 bridgehead atoms. The number of halogens is 1. The topological polar surface area (TPSA) is 48.3 Å². The number of hydrogen-bond donors (Lipinski definition) is 0. The van der Waals surface area contributed by atoms with Gasteiger partial charge in [0.05, 0.1) is 23.5 Å². The number of esters is 1. The first-order valence-electron chi connectivity index (χ1n) is 11.8. The minimum Gasteiger partial charge on any atom is -0.461 e. The number of rotatable bonds is 5. The van der Waals surface area contributed by atoms with E-state index in [0.717, 1.165) is 33.5 Å². The van der Waals surface area contributed by atoms with Crippen molar-refractivity contribution in [3.8, 4) is 22.4 Å². The Kier molecular flexibility index (Phi) is 5.45. The highest BCUT2D eigenvalue weighted by molar-refractivity contribution is 6.04. The molecular formula is C31H22FNO3. The van der Waals surface area contributed by atoms with E-state index in [9.17, 15) is 14.0 Å². The summed E-state index contributed by atoms with van der Waals surface area (Å²) in [6, 6.07) is 30.7. The first kappa shape index (κ1) is 22.0. The van der Waals surface area contributed by atoms with Crippen molar-refractivity contribution >= 4 is 16.7 Å². The molecule has 0 saturated heterocycles. The van der Waals surface area contributed by atoms with Gasteiger partial charge < -0.3 is 4.74 Å². The van der Waals surface area contributed by atoms with Crippen molar-refractivity contribution in [1.82, 2.24) is 4.57 Å². The molecule has 4 aromatic carbocycles. The molecule has 2 heterocycles. The fraction of sp³-hybridized carbons (Fsp3) is 0.0968. The Balaban J connectivity index is 1.52. The van der Waals surface area contributed by atoms with Crippen molar-refractivity contribution in [3.63, 3.8) is 0 Å². The Labute approximate surface area is 207 Å². The Morgan fingerprint density at radius 2 is 1.53 bits per heavy atom. The van der Waals surface area contributed by atoms with E-state index in [1.54, 1.807) is 10.6 Å². The van der Waals surface area contributed by atoms with Crippen molar-refractivity contribution in [3.05, 3.63) is 130 Å². The highest BCUT2D eigenvalue weighted by Crippen LogP contribution is 2.46. The molecular weight excluding hydrogens is 453 g/mol. The van der Waals surface area contributed by atoms with Crippen LogP contribution in [0.2, 0.25) is 0 Å². The summed E-state index contributed by atoms with van der Waals surface area (Å²) in [5.41, 5.74) is 4.83. The molecule has 0 N–H and O–H groups in total. The fourth-order valence-corrected chi connectivity index (χ4v) is 5.15. The molecule has 1 aliphatic rings. The number of aromatic nitrogens is 1. The lowest BCUT2D eigenvalue weighted by Crippen LogP contribution is -2.26. The number of fused-ring (bicyclic) bond motifs is 4. The van der Waals surface area contributed by atoms with Crippen LogP contribution in [-0.2, 0) is 16.1 Å². The molecule has 0 aliphatic carbocycles. The van der Waals surface area contributed by atoms with Gasteiger partial charge in [0.1, 0.15) is 12.4 Å². The summed E-state index contributed by atoms with van der Waals surface area (Å²) < 4.78 is 21.5. The third kappa shape index (κ3) is 3.69. The lowest BCUT2D eigenvalue weighted by atomic mass is 9.93. The normalized spacial score (nSPS) is 13.9. The quantitative estimate of drug-likeness (QED) is 0.272. The van der Waals surface area contributed by atoms with Gasteiger partial charge in [0.2, 0.25) is 0 Å². The van der Waals surface area contributed by atoms with Crippen molar-refractivity contribution in [1.29, 1.82) is 0 Å². The van der Waals surface area contributed by atoms with Gasteiger partial charge in [-0.15, -0.1) is 0 Å². The Bertz CT molecular complexity index is 1660. The molecule has 0 fully saturated rings. The van der Waals surface area contributed by atoms with Crippen LogP contribution in [0.15, 0.2) is 108 Å². The Morgan fingerprint density at radius 1 is 0.833 bits per heavy atom. The van der Waals surface area contributed by atoms with Gasteiger partial charge in [-0.25, -0.2) is 4.39 Å². The predicted molar refractivity (Wildman–Crippen MR) is 138 cm³/mol. The number of hydrogen-bond acceptors (Lipinski definition) is 3. The van der Waals surface area contributed by atoms with E-state index < -0.39 is 17.8 Å². The molecule has 0 amide bonds. The average molecular weight is 476 g/mol. The van der Waals surface area contributed by atoms with Gasteiger partial charge in [-0.2, -0.15) is 0 Å². The highest BCUT2D eigenvalue weighted by atomic mass is 19.1. The van der Waals surface area contributed by atoms with Gasteiger partial charge in [0.15, 0.2) is 0 Å². The Hall–Kier alpha value is -4.51. The molecule has 4 nitrogen and oxygen atoms in total. The first-order valence-corrected chi connectivity index (χ1v) is 11.8.